The molecule has 1 saturated carbocycles. The number of aliphatic imine (C=N–C) groups is 1. The summed E-state index contributed by atoms with van der Waals surface area (Å²) in [7, 11) is 0. The van der Waals surface area contributed by atoms with Crippen LogP contribution in [-0.2, 0) is 11.3 Å². The summed E-state index contributed by atoms with van der Waals surface area (Å²) in [6.07, 6.45) is 6.73. The van der Waals surface area contributed by atoms with Gasteiger partial charge in [0.2, 0.25) is 0 Å². The van der Waals surface area contributed by atoms with Crippen molar-refractivity contribution in [1.82, 2.24) is 30.8 Å². The van der Waals surface area contributed by atoms with Gasteiger partial charge < -0.3 is 10.2 Å². The molecule has 0 bridgehead atoms. The molecule has 1 unspecified atom stereocenters. The highest BCUT2D eigenvalue weighted by molar-refractivity contribution is 6.46. The molecule has 1 aromatic heterocycles. The van der Waals surface area contributed by atoms with Gasteiger partial charge in [-0.2, -0.15) is 5.21 Å². The van der Waals surface area contributed by atoms with Crippen LogP contribution in [-0.4, -0.2) is 48.7 Å². The number of hydrogen-bond donors (Lipinski definition) is 2. The van der Waals surface area contributed by atoms with Crippen LogP contribution in [0.3, 0.4) is 0 Å². The maximum Gasteiger partial charge on any atom is 0.275 e. The number of nitrogens with zero attached hydrogens (tertiary/aromatic N) is 5. The highest BCUT2D eigenvalue weighted by Gasteiger charge is 2.52. The first-order valence-electron chi connectivity index (χ1n) is 15.5. The summed E-state index contributed by atoms with van der Waals surface area (Å²) >= 11 is 0. The molecule has 1 spiro atoms. The van der Waals surface area contributed by atoms with Crippen LogP contribution in [0.4, 0.5) is 8.78 Å². The van der Waals surface area contributed by atoms with Crippen LogP contribution >= 0.6 is 0 Å². The van der Waals surface area contributed by atoms with Crippen LogP contribution in [0.5, 0.6) is 0 Å². The average molecular weight is 606 g/mol. The van der Waals surface area contributed by atoms with Crippen LogP contribution in [0.2, 0.25) is 0 Å². The van der Waals surface area contributed by atoms with Crippen molar-refractivity contribution in [1.29, 1.82) is 0 Å². The molecule has 9 nitrogen and oxygen atoms in total. The predicted octanol–water partition coefficient (Wildman–Crippen LogP) is 6.29. The molecule has 1 fully saturated rings. The van der Waals surface area contributed by atoms with Crippen molar-refractivity contribution < 1.29 is 18.4 Å². The third-order valence-corrected chi connectivity index (χ3v) is 9.08. The summed E-state index contributed by atoms with van der Waals surface area (Å²) in [5.41, 5.74) is 0.930. The Morgan fingerprint density at radius 2 is 1.77 bits per heavy atom. The third-order valence-electron chi connectivity index (χ3n) is 9.08. The summed E-state index contributed by atoms with van der Waals surface area (Å²) in [6, 6.07) is 10.1. The molecular formula is C33H41F2N7O2. The Bertz CT molecular complexity index is 1470. The number of carbonyl (C=O) groups excluding carboxylic acids is 2. The summed E-state index contributed by atoms with van der Waals surface area (Å²) in [4.78, 5) is 34.1. The number of halogens is 2. The van der Waals surface area contributed by atoms with Gasteiger partial charge in [0.15, 0.2) is 5.82 Å². The zero-order chi connectivity index (χ0) is 31.5. The number of aromatic nitrogens is 4. The number of amides is 2. The topological polar surface area (TPSA) is 116 Å². The summed E-state index contributed by atoms with van der Waals surface area (Å²) in [5, 5.41) is 16.3. The molecule has 1 aliphatic carbocycles. The second kappa shape index (κ2) is 12.9. The maximum absolute atomic E-state index is 14.4. The van der Waals surface area contributed by atoms with Crippen molar-refractivity contribution in [2.24, 2.45) is 16.3 Å². The van der Waals surface area contributed by atoms with Crippen molar-refractivity contribution in [2.45, 2.75) is 97.3 Å². The van der Waals surface area contributed by atoms with E-state index in [1.807, 2.05) is 17.0 Å². The summed E-state index contributed by atoms with van der Waals surface area (Å²) in [5.74, 6) is -1.23. The van der Waals surface area contributed by atoms with Crippen molar-refractivity contribution >= 4 is 17.5 Å². The molecule has 5 rings (SSSR count). The van der Waals surface area contributed by atoms with Gasteiger partial charge in [-0.05, 0) is 73.3 Å². The number of hydrogen-bond acceptors (Lipinski definition) is 6. The first-order valence-corrected chi connectivity index (χ1v) is 15.5. The van der Waals surface area contributed by atoms with E-state index in [9.17, 15) is 18.4 Å². The molecule has 1 atom stereocenters. The van der Waals surface area contributed by atoms with Gasteiger partial charge in [0.25, 0.3) is 11.8 Å². The van der Waals surface area contributed by atoms with Crippen LogP contribution < -0.4 is 5.32 Å². The Morgan fingerprint density at radius 3 is 2.36 bits per heavy atom. The van der Waals surface area contributed by atoms with Crippen LogP contribution in [0.15, 0.2) is 47.5 Å². The number of nitrogens with one attached hydrogen (secondary N) is 2. The number of rotatable bonds is 10. The van der Waals surface area contributed by atoms with E-state index in [1.54, 1.807) is 12.1 Å². The minimum Gasteiger partial charge on any atom is -0.345 e. The fourth-order valence-corrected chi connectivity index (χ4v) is 6.63. The molecule has 11 heteroatoms. The first-order chi connectivity index (χ1) is 21.0. The number of unbranched alkanes of at least 4 members (excludes halogenated alkanes) is 2. The fourth-order valence-electron chi connectivity index (χ4n) is 6.63. The second-order valence-electron chi connectivity index (χ2n) is 13.1. The monoisotopic (exact) mass is 605 g/mol. The van der Waals surface area contributed by atoms with Crippen LogP contribution in [0.25, 0.3) is 0 Å². The molecule has 44 heavy (non-hydrogen) atoms. The van der Waals surface area contributed by atoms with E-state index < -0.39 is 17.3 Å². The lowest BCUT2D eigenvalue weighted by molar-refractivity contribution is -0.133. The van der Waals surface area contributed by atoms with E-state index in [-0.39, 0.29) is 41.1 Å². The number of H-pyrrole nitrogens is 1. The van der Waals surface area contributed by atoms with Crippen molar-refractivity contribution in [3.05, 3.63) is 76.6 Å². The van der Waals surface area contributed by atoms with E-state index in [4.69, 9.17) is 4.99 Å². The molecule has 234 valence electrons. The van der Waals surface area contributed by atoms with Gasteiger partial charge in [-0.3, -0.25) is 14.6 Å². The van der Waals surface area contributed by atoms with Gasteiger partial charge in [-0.25, -0.2) is 8.78 Å². The van der Waals surface area contributed by atoms with Gasteiger partial charge in [0, 0.05) is 17.2 Å². The lowest BCUT2D eigenvalue weighted by atomic mass is 9.69. The van der Waals surface area contributed by atoms with E-state index in [0.717, 1.165) is 43.7 Å². The van der Waals surface area contributed by atoms with Gasteiger partial charge >= 0.3 is 0 Å². The predicted molar refractivity (Wildman–Crippen MR) is 163 cm³/mol. The van der Waals surface area contributed by atoms with E-state index in [0.29, 0.717) is 36.6 Å². The zero-order valence-electron chi connectivity index (χ0n) is 25.9. The normalized spacial score (nSPS) is 21.0. The lowest BCUT2D eigenvalue weighted by Crippen LogP contribution is -2.51. The number of aromatic amines is 1. The second-order valence-corrected chi connectivity index (χ2v) is 13.1. The Hall–Kier alpha value is -4.02. The number of tetrazole rings is 1. The van der Waals surface area contributed by atoms with Gasteiger partial charge in [0.05, 0.1) is 12.6 Å². The van der Waals surface area contributed by atoms with E-state index in [2.05, 4.69) is 53.6 Å². The quantitative estimate of drug-likeness (QED) is 0.264. The highest BCUT2D eigenvalue weighted by Crippen LogP contribution is 2.50. The maximum atomic E-state index is 14.4. The van der Waals surface area contributed by atoms with Crippen LogP contribution in [0.1, 0.15) is 112 Å². The number of carbonyl (C=O) groups is 2. The largest absolute Gasteiger partial charge is 0.345 e. The Labute approximate surface area is 256 Å². The minimum absolute atomic E-state index is 0.107. The first kappa shape index (κ1) is 31.4. The molecule has 3 aromatic rings. The Kier molecular flexibility index (Phi) is 9.22. The van der Waals surface area contributed by atoms with E-state index in [1.165, 1.54) is 12.1 Å². The average Bonchev–Trinajstić information content (AvgIpc) is 3.60. The third kappa shape index (κ3) is 6.71. The van der Waals surface area contributed by atoms with Gasteiger partial charge in [-0.1, -0.05) is 64.3 Å². The van der Waals surface area contributed by atoms with Gasteiger partial charge in [-0.15, -0.1) is 10.2 Å². The van der Waals surface area contributed by atoms with Crippen LogP contribution in [0, 0.1) is 23.0 Å². The minimum atomic E-state index is -0.811. The smallest absolute Gasteiger partial charge is 0.275 e. The van der Waals surface area contributed by atoms with Crippen molar-refractivity contribution in [3.63, 3.8) is 0 Å². The van der Waals surface area contributed by atoms with Gasteiger partial charge in [0.1, 0.15) is 23.0 Å². The molecular weight excluding hydrogens is 564 g/mol. The fraction of sp³-hybridized carbons (Fsp3) is 0.515. The van der Waals surface area contributed by atoms with E-state index >= 15 is 0 Å². The number of benzene rings is 2. The SMILES string of the molecule is CCCCCC(c1ccc(C(=O)NCc2nn[nH]n2)cc1)N1C(=O)C(c2cc(F)cc(F)c2)=NC12CCC(C(C)(C)C)CC2. The molecule has 1 aliphatic heterocycles. The van der Waals surface area contributed by atoms with Crippen molar-refractivity contribution in [2.75, 3.05) is 0 Å². The molecule has 2 aromatic carbocycles. The molecule has 2 aliphatic rings. The molecule has 2 heterocycles. The summed E-state index contributed by atoms with van der Waals surface area (Å²) < 4.78 is 28.6. The Morgan fingerprint density at radius 1 is 1.09 bits per heavy atom. The molecule has 0 radical (unpaired) electrons. The van der Waals surface area contributed by atoms with Crippen molar-refractivity contribution in [3.8, 4) is 0 Å². The molecule has 2 amide bonds. The molecule has 0 saturated heterocycles. The lowest BCUT2D eigenvalue weighted by Gasteiger charge is -2.47. The standard InChI is InChI=1S/C33H41F2N7O2/c1-5-6-7-8-27(21-9-11-22(12-10-21)30(43)36-20-28-38-40-41-39-28)42-31(44)29(23-17-25(34)19-26(35)18-23)37-33(42)15-13-24(14-16-33)32(2,3)4/h9-12,17-19,24,27H,5-8,13-16,20H2,1-4H3,(H,36,43)(H,38,39,40,41). The Balaban J connectivity index is 1.48. The summed E-state index contributed by atoms with van der Waals surface area (Å²) in [6.45, 7) is 8.99. The zero-order valence-corrected chi connectivity index (χ0v) is 25.9. The highest BCUT2D eigenvalue weighted by atomic mass is 19.1. The molecule has 2 N–H and O–H groups in total.